The van der Waals surface area contributed by atoms with Gasteiger partial charge in [0.2, 0.25) is 0 Å². The highest BCUT2D eigenvalue weighted by Gasteiger charge is 2.30. The number of ketones is 1. The highest BCUT2D eigenvalue weighted by atomic mass is 35.5. The number of hydrogen-bond acceptors (Lipinski definition) is 8. The van der Waals surface area contributed by atoms with Crippen LogP contribution in [0.15, 0.2) is 33.0 Å². The molecule has 3 rings (SSSR count). The molecule has 0 amide bonds. The first-order valence-electron chi connectivity index (χ1n) is 9.43. The van der Waals surface area contributed by atoms with Crippen LogP contribution in [0.5, 0.6) is 0 Å². The van der Waals surface area contributed by atoms with E-state index in [1.165, 1.54) is 18.6 Å². The Balaban J connectivity index is 1.98. The van der Waals surface area contributed by atoms with Crippen LogP contribution >= 0.6 is 22.9 Å². The summed E-state index contributed by atoms with van der Waals surface area (Å²) in [6.45, 7) is 6.84. The second kappa shape index (κ2) is 9.05. The van der Waals surface area contributed by atoms with Crippen LogP contribution in [0.3, 0.4) is 0 Å². The summed E-state index contributed by atoms with van der Waals surface area (Å²) in [7, 11) is -2.88. The molecule has 1 aromatic carbocycles. The number of aromatic nitrogens is 1. The van der Waals surface area contributed by atoms with Gasteiger partial charge in [-0.15, -0.1) is 11.3 Å². The molecule has 0 spiro atoms. The van der Waals surface area contributed by atoms with Crippen molar-refractivity contribution in [2.75, 3.05) is 11.8 Å². The van der Waals surface area contributed by atoms with Gasteiger partial charge in [0.25, 0.3) is 15.9 Å². The van der Waals surface area contributed by atoms with Crippen LogP contribution < -0.4 is 4.72 Å². The van der Waals surface area contributed by atoms with E-state index in [1.54, 1.807) is 32.9 Å². The maximum atomic E-state index is 13.3. The predicted molar refractivity (Wildman–Crippen MR) is 121 cm³/mol. The Bertz CT molecular complexity index is 1310. The maximum Gasteiger partial charge on any atom is 0.338 e. The molecular weight excluding hydrogens is 476 g/mol. The number of methoxy groups -OCH3 is 1. The standard InChI is InChI=1S/C21H21ClN2O6S2/c1-10-8-11(2)15(21(26)29-5)9-14(10)12(3)18(25)19-16(6-7-31-19)32(27,28)24-20-17(22)13(4)23-30-20/h6-9,12,24H,1-5H3. The average molecular weight is 497 g/mol. The quantitative estimate of drug-likeness (QED) is 0.365. The molecule has 2 aromatic heterocycles. The minimum absolute atomic E-state index is 0.0377. The number of nitrogens with zero attached hydrogens (tertiary/aromatic N) is 1. The second-order valence-corrected chi connectivity index (χ2v) is 10.2. The lowest BCUT2D eigenvalue weighted by molar-refractivity contribution is 0.0599. The van der Waals surface area contributed by atoms with Crippen molar-refractivity contribution >= 4 is 50.6 Å². The van der Waals surface area contributed by atoms with E-state index < -0.39 is 27.7 Å². The molecule has 1 unspecified atom stereocenters. The van der Waals surface area contributed by atoms with Gasteiger partial charge in [-0.3, -0.25) is 4.79 Å². The number of rotatable bonds is 7. The fraction of sp³-hybridized carbons (Fsp3) is 0.286. The first-order chi connectivity index (χ1) is 15.0. The molecule has 0 aliphatic rings. The second-order valence-electron chi connectivity index (χ2n) is 7.23. The smallest absolute Gasteiger partial charge is 0.338 e. The Kier molecular flexibility index (Phi) is 6.77. The van der Waals surface area contributed by atoms with Crippen molar-refractivity contribution in [2.24, 2.45) is 0 Å². The third kappa shape index (κ3) is 4.43. The first-order valence-corrected chi connectivity index (χ1v) is 12.2. The van der Waals surface area contributed by atoms with E-state index >= 15 is 0 Å². The lowest BCUT2D eigenvalue weighted by atomic mass is 9.89. The lowest BCUT2D eigenvalue weighted by Gasteiger charge is -2.17. The zero-order valence-corrected chi connectivity index (χ0v) is 20.4. The molecule has 1 atom stereocenters. The number of anilines is 1. The Morgan fingerprint density at radius 1 is 1.22 bits per heavy atom. The summed E-state index contributed by atoms with van der Waals surface area (Å²) in [5.74, 6) is -1.84. The minimum atomic E-state index is -4.17. The third-order valence-corrected chi connectivity index (χ3v) is 7.92. The van der Waals surface area contributed by atoms with Crippen LogP contribution in [0, 0.1) is 20.8 Å². The Labute approximate surface area is 194 Å². The number of ether oxygens (including phenoxy) is 1. The zero-order valence-electron chi connectivity index (χ0n) is 18.0. The van der Waals surface area contributed by atoms with Gasteiger partial charge in [-0.2, -0.15) is 0 Å². The molecule has 32 heavy (non-hydrogen) atoms. The monoisotopic (exact) mass is 496 g/mol. The largest absolute Gasteiger partial charge is 0.465 e. The number of benzene rings is 1. The van der Waals surface area contributed by atoms with E-state index in [2.05, 4.69) is 9.88 Å². The van der Waals surface area contributed by atoms with E-state index in [4.69, 9.17) is 20.9 Å². The zero-order chi connectivity index (χ0) is 23.8. The Morgan fingerprint density at radius 2 is 1.91 bits per heavy atom. The van der Waals surface area contributed by atoms with Gasteiger partial charge >= 0.3 is 5.97 Å². The number of nitrogens with one attached hydrogen (secondary N) is 1. The number of Topliss-reactive ketones (excluding diaryl/α,β-unsaturated/α-hetero) is 1. The van der Waals surface area contributed by atoms with Crippen molar-refractivity contribution in [1.82, 2.24) is 5.16 Å². The highest BCUT2D eigenvalue weighted by Crippen LogP contribution is 2.33. The van der Waals surface area contributed by atoms with Gasteiger partial charge in [-0.25, -0.2) is 17.9 Å². The summed E-state index contributed by atoms with van der Waals surface area (Å²) in [6.07, 6.45) is 0. The fourth-order valence-corrected chi connectivity index (χ4v) is 5.93. The molecule has 0 radical (unpaired) electrons. The van der Waals surface area contributed by atoms with Gasteiger partial charge in [0.05, 0.1) is 17.6 Å². The molecule has 1 N–H and O–H groups in total. The van der Waals surface area contributed by atoms with E-state index in [0.29, 0.717) is 16.8 Å². The number of sulfonamides is 1. The van der Waals surface area contributed by atoms with E-state index in [0.717, 1.165) is 22.5 Å². The third-order valence-electron chi connectivity index (χ3n) is 5.04. The van der Waals surface area contributed by atoms with Crippen LogP contribution in [0.25, 0.3) is 0 Å². The molecule has 0 bridgehead atoms. The number of carbonyl (C=O) groups is 2. The number of aryl methyl sites for hydroxylation is 3. The van der Waals surface area contributed by atoms with Crippen LogP contribution in [0.2, 0.25) is 5.02 Å². The van der Waals surface area contributed by atoms with Gasteiger partial charge in [0.15, 0.2) is 5.78 Å². The maximum absolute atomic E-state index is 13.3. The molecule has 0 aliphatic heterocycles. The van der Waals surface area contributed by atoms with Crippen molar-refractivity contribution < 1.29 is 27.3 Å². The van der Waals surface area contributed by atoms with Crippen molar-refractivity contribution in [1.29, 1.82) is 0 Å². The molecule has 0 aliphatic carbocycles. The average Bonchev–Trinajstić information content (AvgIpc) is 3.35. The molecular formula is C21H21ClN2O6S2. The summed E-state index contributed by atoms with van der Waals surface area (Å²) in [6, 6.07) is 4.76. The number of carbonyl (C=O) groups excluding carboxylic acids is 2. The molecule has 11 heteroatoms. The SMILES string of the molecule is COC(=O)c1cc(C(C)C(=O)c2sccc2S(=O)(=O)Nc2onc(C)c2Cl)c(C)cc1C. The normalized spacial score (nSPS) is 12.4. The fourth-order valence-electron chi connectivity index (χ4n) is 3.29. The molecule has 0 saturated carbocycles. The van der Waals surface area contributed by atoms with E-state index in [9.17, 15) is 18.0 Å². The highest BCUT2D eigenvalue weighted by molar-refractivity contribution is 7.93. The van der Waals surface area contributed by atoms with Gasteiger partial charge in [-0.05, 0) is 55.0 Å². The molecule has 2 heterocycles. The Morgan fingerprint density at radius 3 is 2.50 bits per heavy atom. The summed E-state index contributed by atoms with van der Waals surface area (Å²) >= 11 is 7.02. The van der Waals surface area contributed by atoms with Crippen LogP contribution in [-0.2, 0) is 14.8 Å². The first kappa shape index (κ1) is 24.0. The summed E-state index contributed by atoms with van der Waals surface area (Å²) < 4.78 is 37.9. The van der Waals surface area contributed by atoms with Crippen molar-refractivity contribution in [3.05, 3.63) is 61.4 Å². The number of esters is 1. The predicted octanol–water partition coefficient (Wildman–Crippen LogP) is 4.89. The summed E-state index contributed by atoms with van der Waals surface area (Å²) in [4.78, 5) is 25.3. The van der Waals surface area contributed by atoms with Crippen molar-refractivity contribution in [3.8, 4) is 0 Å². The van der Waals surface area contributed by atoms with Crippen LogP contribution in [0.1, 0.15) is 55.3 Å². The number of thiophene rings is 1. The number of halogens is 1. The minimum Gasteiger partial charge on any atom is -0.465 e. The Hall–Kier alpha value is -2.69. The van der Waals surface area contributed by atoms with Crippen molar-refractivity contribution in [2.45, 2.75) is 38.5 Å². The topological polar surface area (TPSA) is 116 Å². The van der Waals surface area contributed by atoms with Gasteiger partial charge in [0, 0.05) is 5.92 Å². The molecule has 0 fully saturated rings. The van der Waals surface area contributed by atoms with Gasteiger partial charge < -0.3 is 9.26 Å². The molecule has 170 valence electrons. The number of hydrogen-bond donors (Lipinski definition) is 1. The van der Waals surface area contributed by atoms with Crippen LogP contribution in [-0.4, -0.2) is 32.4 Å². The molecule has 0 saturated heterocycles. The van der Waals surface area contributed by atoms with Gasteiger partial charge in [-0.1, -0.05) is 29.7 Å². The van der Waals surface area contributed by atoms with Crippen molar-refractivity contribution in [3.63, 3.8) is 0 Å². The van der Waals surface area contributed by atoms with Crippen LogP contribution in [0.4, 0.5) is 5.88 Å². The van der Waals surface area contributed by atoms with E-state index in [1.807, 2.05) is 6.92 Å². The van der Waals surface area contributed by atoms with E-state index in [-0.39, 0.29) is 20.7 Å². The summed E-state index contributed by atoms with van der Waals surface area (Å²) in [5.41, 5.74) is 2.82. The molecule has 3 aromatic rings. The van der Waals surface area contributed by atoms with Gasteiger partial charge in [0.1, 0.15) is 15.6 Å². The summed E-state index contributed by atoms with van der Waals surface area (Å²) in [5, 5.41) is 5.17. The molecule has 8 nitrogen and oxygen atoms in total. The lowest BCUT2D eigenvalue weighted by Crippen LogP contribution is -2.18.